The maximum Gasteiger partial charge on any atom is 0.249 e. The molecule has 70 valence electrons. The molecule has 0 aliphatic carbocycles. The Morgan fingerprint density at radius 3 is 2.69 bits per heavy atom. The second-order valence-corrected chi connectivity index (χ2v) is 4.09. The van der Waals surface area contributed by atoms with Gasteiger partial charge in [0, 0.05) is 10.4 Å². The maximum absolute atomic E-state index is 12.8. The summed E-state index contributed by atoms with van der Waals surface area (Å²) in [4.78, 5) is 10.8. The quantitative estimate of drug-likeness (QED) is 0.800. The zero-order valence-electron chi connectivity index (χ0n) is 7.05. The van der Waals surface area contributed by atoms with Crippen LogP contribution in [0.3, 0.4) is 0 Å². The minimum atomic E-state index is -0.540. The topological polar surface area (TPSA) is 43.1 Å². The summed E-state index contributed by atoms with van der Waals surface area (Å²) >= 11 is 3.26. The van der Waals surface area contributed by atoms with Crippen molar-refractivity contribution < 1.29 is 9.18 Å². The number of rotatable bonds is 2. The molecule has 0 aromatic heterocycles. The zero-order chi connectivity index (χ0) is 10.0. The van der Waals surface area contributed by atoms with E-state index in [1.807, 2.05) is 0 Å². The van der Waals surface area contributed by atoms with Gasteiger partial charge < -0.3 is 5.73 Å². The van der Waals surface area contributed by atoms with Crippen molar-refractivity contribution in [3.63, 3.8) is 0 Å². The lowest BCUT2D eigenvalue weighted by Crippen LogP contribution is -2.14. The molecular weight excluding hydrogens is 237 g/mol. The molecule has 1 atom stereocenters. The van der Waals surface area contributed by atoms with Gasteiger partial charge in [-0.2, -0.15) is 0 Å². The van der Waals surface area contributed by atoms with Crippen molar-refractivity contribution >= 4 is 21.8 Å². The molecular formula is C9H9BrFNO. The van der Waals surface area contributed by atoms with Gasteiger partial charge in [-0.3, -0.25) is 4.79 Å². The van der Waals surface area contributed by atoms with E-state index in [2.05, 4.69) is 15.9 Å². The molecule has 0 aliphatic rings. The number of carbonyl (C=O) groups is 1. The zero-order valence-corrected chi connectivity index (χ0v) is 8.64. The van der Waals surface area contributed by atoms with Gasteiger partial charge in [-0.05, 0) is 30.7 Å². The van der Waals surface area contributed by atoms with Crippen LogP contribution in [-0.4, -0.2) is 5.91 Å². The average molecular weight is 246 g/mol. The lowest BCUT2D eigenvalue weighted by atomic mass is 10.0. The van der Waals surface area contributed by atoms with Gasteiger partial charge in [0.2, 0.25) is 5.91 Å². The Balaban J connectivity index is 3.26. The van der Waals surface area contributed by atoms with Crippen molar-refractivity contribution in [2.24, 2.45) is 5.73 Å². The molecule has 1 rings (SSSR count). The number of carbonyl (C=O) groups excluding carboxylic acids is 1. The minimum Gasteiger partial charge on any atom is -0.366 e. The van der Waals surface area contributed by atoms with Gasteiger partial charge in [0.1, 0.15) is 5.82 Å². The molecule has 2 nitrogen and oxygen atoms in total. The Kier molecular flexibility index (Phi) is 3.03. The van der Waals surface area contributed by atoms with Crippen molar-refractivity contribution in [2.45, 2.75) is 11.8 Å². The Morgan fingerprint density at radius 1 is 1.62 bits per heavy atom. The molecule has 1 aromatic carbocycles. The molecule has 0 fully saturated rings. The number of primary amides is 1. The van der Waals surface area contributed by atoms with Crippen LogP contribution in [0.25, 0.3) is 0 Å². The van der Waals surface area contributed by atoms with Crippen LogP contribution in [0.4, 0.5) is 4.39 Å². The van der Waals surface area contributed by atoms with Gasteiger partial charge in [-0.1, -0.05) is 15.9 Å². The summed E-state index contributed by atoms with van der Waals surface area (Å²) in [5.74, 6) is -0.910. The summed E-state index contributed by atoms with van der Waals surface area (Å²) in [6, 6.07) is 3.92. The number of benzene rings is 1. The third-order valence-corrected chi connectivity index (χ3v) is 2.20. The van der Waals surface area contributed by atoms with Crippen LogP contribution < -0.4 is 5.73 Å². The highest BCUT2D eigenvalue weighted by molar-refractivity contribution is 9.09. The highest BCUT2D eigenvalue weighted by Crippen LogP contribution is 2.25. The van der Waals surface area contributed by atoms with Crippen LogP contribution >= 0.6 is 15.9 Å². The molecule has 0 bridgehead atoms. The highest BCUT2D eigenvalue weighted by Gasteiger charge is 2.12. The summed E-state index contributed by atoms with van der Waals surface area (Å²) < 4.78 is 12.8. The number of amides is 1. The fourth-order valence-corrected chi connectivity index (χ4v) is 1.47. The SMILES string of the molecule is C[C@@H](Br)c1cc(F)ccc1C(N)=O. The van der Waals surface area contributed by atoms with Crippen LogP contribution in [0.5, 0.6) is 0 Å². The van der Waals surface area contributed by atoms with E-state index in [9.17, 15) is 9.18 Å². The maximum atomic E-state index is 12.8. The summed E-state index contributed by atoms with van der Waals surface area (Å²) in [6.07, 6.45) is 0. The molecule has 4 heteroatoms. The van der Waals surface area contributed by atoms with Gasteiger partial charge in [0.05, 0.1) is 0 Å². The fraction of sp³-hybridized carbons (Fsp3) is 0.222. The van der Waals surface area contributed by atoms with Crippen LogP contribution in [0.2, 0.25) is 0 Å². The number of hydrogen-bond donors (Lipinski definition) is 1. The molecule has 0 aliphatic heterocycles. The molecule has 13 heavy (non-hydrogen) atoms. The standard InChI is InChI=1S/C9H9BrFNO/c1-5(10)8-4-6(11)2-3-7(8)9(12)13/h2-5H,1H3,(H2,12,13)/t5-/m1/s1. The number of nitrogens with two attached hydrogens (primary N) is 1. The molecule has 0 spiro atoms. The summed E-state index contributed by atoms with van der Waals surface area (Å²) in [6.45, 7) is 1.81. The van der Waals surface area contributed by atoms with Gasteiger partial charge in [-0.25, -0.2) is 4.39 Å². The normalized spacial score (nSPS) is 12.5. The van der Waals surface area contributed by atoms with Crippen molar-refractivity contribution in [1.29, 1.82) is 0 Å². The molecule has 0 unspecified atom stereocenters. The summed E-state index contributed by atoms with van der Waals surface area (Å²) in [7, 11) is 0. The predicted octanol–water partition coefficient (Wildman–Crippen LogP) is 2.38. The Bertz CT molecular complexity index is 338. The predicted molar refractivity (Wildman–Crippen MR) is 52.3 cm³/mol. The Morgan fingerprint density at radius 2 is 2.23 bits per heavy atom. The molecule has 1 amide bonds. The lowest BCUT2D eigenvalue weighted by molar-refractivity contribution is 0.0999. The van der Waals surface area contributed by atoms with Gasteiger partial charge in [0.25, 0.3) is 0 Å². The first-order chi connectivity index (χ1) is 6.02. The molecule has 0 saturated heterocycles. The van der Waals surface area contributed by atoms with Crippen LogP contribution in [-0.2, 0) is 0 Å². The van der Waals surface area contributed by atoms with E-state index >= 15 is 0 Å². The Labute approximate surface area is 84.1 Å². The first-order valence-electron chi connectivity index (χ1n) is 3.75. The monoisotopic (exact) mass is 245 g/mol. The minimum absolute atomic E-state index is 0.0919. The fourth-order valence-electron chi connectivity index (χ4n) is 1.09. The van der Waals surface area contributed by atoms with E-state index in [-0.39, 0.29) is 10.6 Å². The first-order valence-corrected chi connectivity index (χ1v) is 4.67. The number of hydrogen-bond acceptors (Lipinski definition) is 1. The summed E-state index contributed by atoms with van der Waals surface area (Å²) in [5, 5.41) is 0. The molecule has 1 aromatic rings. The van der Waals surface area contributed by atoms with Crippen molar-refractivity contribution in [1.82, 2.24) is 0 Å². The number of alkyl halides is 1. The van der Waals surface area contributed by atoms with E-state index in [0.717, 1.165) is 0 Å². The molecule has 0 radical (unpaired) electrons. The smallest absolute Gasteiger partial charge is 0.249 e. The highest BCUT2D eigenvalue weighted by atomic mass is 79.9. The van der Waals surface area contributed by atoms with E-state index in [1.165, 1.54) is 18.2 Å². The van der Waals surface area contributed by atoms with E-state index in [0.29, 0.717) is 11.1 Å². The molecule has 0 saturated carbocycles. The Hall–Kier alpha value is -0.900. The second-order valence-electron chi connectivity index (χ2n) is 2.71. The molecule has 2 N–H and O–H groups in total. The van der Waals surface area contributed by atoms with Gasteiger partial charge in [-0.15, -0.1) is 0 Å². The van der Waals surface area contributed by atoms with E-state index in [1.54, 1.807) is 6.92 Å². The third-order valence-electron chi connectivity index (χ3n) is 1.71. The van der Waals surface area contributed by atoms with Crippen molar-refractivity contribution in [3.05, 3.63) is 35.1 Å². The van der Waals surface area contributed by atoms with E-state index in [4.69, 9.17) is 5.73 Å². The van der Waals surface area contributed by atoms with Crippen LogP contribution in [0.1, 0.15) is 27.7 Å². The van der Waals surface area contributed by atoms with E-state index < -0.39 is 5.91 Å². The second kappa shape index (κ2) is 3.87. The van der Waals surface area contributed by atoms with Gasteiger partial charge >= 0.3 is 0 Å². The average Bonchev–Trinajstić information content (AvgIpc) is 2.03. The largest absolute Gasteiger partial charge is 0.366 e. The van der Waals surface area contributed by atoms with Gasteiger partial charge in [0.15, 0.2) is 0 Å². The molecule has 0 heterocycles. The van der Waals surface area contributed by atoms with Crippen LogP contribution in [0, 0.1) is 5.82 Å². The van der Waals surface area contributed by atoms with Crippen molar-refractivity contribution in [2.75, 3.05) is 0 Å². The third kappa shape index (κ3) is 2.28. The summed E-state index contributed by atoms with van der Waals surface area (Å²) in [5.41, 5.74) is 6.05. The first kappa shape index (κ1) is 10.2. The lowest BCUT2D eigenvalue weighted by Gasteiger charge is -2.08. The van der Waals surface area contributed by atoms with Crippen LogP contribution in [0.15, 0.2) is 18.2 Å². The van der Waals surface area contributed by atoms with Crippen molar-refractivity contribution in [3.8, 4) is 0 Å². The number of halogens is 2.